The van der Waals surface area contributed by atoms with Gasteiger partial charge in [-0.3, -0.25) is 10.0 Å². The summed E-state index contributed by atoms with van der Waals surface area (Å²) >= 11 is 1.93. The van der Waals surface area contributed by atoms with Crippen molar-refractivity contribution in [3.8, 4) is 0 Å². The molecule has 0 spiro atoms. The molecule has 25 heavy (non-hydrogen) atoms. The molecule has 130 valence electrons. The van der Waals surface area contributed by atoms with Gasteiger partial charge in [-0.05, 0) is 68.4 Å². The smallest absolute Gasteiger partial charge is 0.274 e. The third kappa shape index (κ3) is 2.68. The van der Waals surface area contributed by atoms with Crippen molar-refractivity contribution in [2.45, 2.75) is 46.1 Å². The van der Waals surface area contributed by atoms with Crippen molar-refractivity contribution in [3.05, 3.63) is 57.1 Å². The SMILES string of the molecule is Cc1sc2c3c(n(Cc4ccc(C(=O)NO)cc4)c2c1C)CCCC3. The van der Waals surface area contributed by atoms with Crippen LogP contribution in [0.1, 0.15) is 50.5 Å². The molecule has 0 unspecified atom stereocenters. The van der Waals surface area contributed by atoms with E-state index in [1.165, 1.54) is 51.2 Å². The quantitative estimate of drug-likeness (QED) is 0.542. The van der Waals surface area contributed by atoms with Crippen molar-refractivity contribution in [2.24, 2.45) is 0 Å². The summed E-state index contributed by atoms with van der Waals surface area (Å²) in [4.78, 5) is 12.9. The Morgan fingerprint density at radius 1 is 1.20 bits per heavy atom. The van der Waals surface area contributed by atoms with E-state index in [0.717, 1.165) is 13.0 Å². The summed E-state index contributed by atoms with van der Waals surface area (Å²) in [5.74, 6) is -0.475. The molecule has 0 saturated carbocycles. The molecule has 2 heterocycles. The number of aryl methyl sites for hydroxylation is 3. The highest BCUT2D eigenvalue weighted by molar-refractivity contribution is 7.19. The van der Waals surface area contributed by atoms with Crippen molar-refractivity contribution in [3.63, 3.8) is 0 Å². The van der Waals surface area contributed by atoms with E-state index in [-0.39, 0.29) is 0 Å². The molecule has 0 radical (unpaired) electrons. The number of hydrogen-bond acceptors (Lipinski definition) is 3. The molecule has 2 N–H and O–H groups in total. The second kappa shape index (κ2) is 6.32. The van der Waals surface area contributed by atoms with Crippen molar-refractivity contribution < 1.29 is 10.0 Å². The maximum absolute atomic E-state index is 11.5. The Kier molecular flexibility index (Phi) is 4.13. The fourth-order valence-electron chi connectivity index (χ4n) is 3.89. The van der Waals surface area contributed by atoms with Crippen LogP contribution in [0.2, 0.25) is 0 Å². The van der Waals surface area contributed by atoms with E-state index < -0.39 is 5.91 Å². The Hall–Kier alpha value is -2.11. The van der Waals surface area contributed by atoms with Crippen LogP contribution >= 0.6 is 11.3 Å². The zero-order valence-corrected chi connectivity index (χ0v) is 15.4. The largest absolute Gasteiger partial charge is 0.339 e. The molecule has 1 aromatic carbocycles. The van der Waals surface area contributed by atoms with Gasteiger partial charge in [-0.2, -0.15) is 0 Å². The van der Waals surface area contributed by atoms with E-state index in [2.05, 4.69) is 18.4 Å². The van der Waals surface area contributed by atoms with Gasteiger partial charge in [0, 0.05) is 22.7 Å². The van der Waals surface area contributed by atoms with Crippen LogP contribution < -0.4 is 5.48 Å². The first kappa shape index (κ1) is 16.4. The first-order valence-corrected chi connectivity index (χ1v) is 9.55. The zero-order valence-electron chi connectivity index (χ0n) is 14.6. The van der Waals surface area contributed by atoms with Gasteiger partial charge >= 0.3 is 0 Å². The monoisotopic (exact) mass is 354 g/mol. The van der Waals surface area contributed by atoms with Gasteiger partial charge in [0.15, 0.2) is 0 Å². The van der Waals surface area contributed by atoms with Crippen LogP contribution in [-0.2, 0) is 19.4 Å². The van der Waals surface area contributed by atoms with Crippen LogP contribution in [0.15, 0.2) is 24.3 Å². The predicted octanol–water partition coefficient (Wildman–Crippen LogP) is 4.37. The average molecular weight is 354 g/mol. The molecule has 5 heteroatoms. The fraction of sp³-hybridized carbons (Fsp3) is 0.350. The van der Waals surface area contributed by atoms with Gasteiger partial charge in [0.05, 0.1) is 10.2 Å². The minimum absolute atomic E-state index is 0.466. The van der Waals surface area contributed by atoms with E-state index in [1.54, 1.807) is 23.2 Å². The van der Waals surface area contributed by atoms with Gasteiger partial charge in [0.2, 0.25) is 0 Å². The summed E-state index contributed by atoms with van der Waals surface area (Å²) in [5, 5.41) is 8.75. The topological polar surface area (TPSA) is 54.3 Å². The minimum Gasteiger partial charge on any atom is -0.339 e. The number of thiophene rings is 1. The third-order valence-corrected chi connectivity index (χ3v) is 6.58. The van der Waals surface area contributed by atoms with Crippen molar-refractivity contribution in [1.29, 1.82) is 0 Å². The number of fused-ring (bicyclic) bond motifs is 3. The van der Waals surface area contributed by atoms with Gasteiger partial charge < -0.3 is 4.57 Å². The van der Waals surface area contributed by atoms with E-state index in [1.807, 2.05) is 23.5 Å². The number of benzene rings is 1. The van der Waals surface area contributed by atoms with Gasteiger partial charge in [0.25, 0.3) is 5.91 Å². The molecule has 0 bridgehead atoms. The lowest BCUT2D eigenvalue weighted by Crippen LogP contribution is -2.18. The first-order chi connectivity index (χ1) is 12.1. The van der Waals surface area contributed by atoms with Crippen LogP contribution in [0.5, 0.6) is 0 Å². The van der Waals surface area contributed by atoms with Crippen LogP contribution in [0.4, 0.5) is 0 Å². The molecule has 1 aliphatic rings. The molecular weight excluding hydrogens is 332 g/mol. The van der Waals surface area contributed by atoms with E-state index in [9.17, 15) is 4.79 Å². The molecule has 3 aromatic rings. The maximum atomic E-state index is 11.5. The van der Waals surface area contributed by atoms with Gasteiger partial charge in [-0.1, -0.05) is 12.1 Å². The summed E-state index contributed by atoms with van der Waals surface area (Å²) in [7, 11) is 0. The average Bonchev–Trinajstić information content (AvgIpc) is 3.10. The standard InChI is InChI=1S/C20H22N2O2S/c1-12-13(2)25-19-16-5-3-4-6-17(16)22(18(12)19)11-14-7-9-15(10-8-14)20(23)21-24/h7-10,24H,3-6,11H2,1-2H3,(H,21,23). The number of hydroxylamine groups is 1. The number of rotatable bonds is 3. The van der Waals surface area contributed by atoms with E-state index >= 15 is 0 Å². The molecule has 0 saturated heterocycles. The summed E-state index contributed by atoms with van der Waals surface area (Å²) in [5.41, 5.74) is 9.15. The number of carbonyl (C=O) groups excluding carboxylic acids is 1. The van der Waals surface area contributed by atoms with E-state index in [0.29, 0.717) is 5.56 Å². The highest BCUT2D eigenvalue weighted by atomic mass is 32.1. The van der Waals surface area contributed by atoms with Crippen LogP contribution in [-0.4, -0.2) is 15.7 Å². The zero-order chi connectivity index (χ0) is 17.6. The molecule has 0 aliphatic heterocycles. The number of amides is 1. The Balaban J connectivity index is 1.77. The summed E-state index contributed by atoms with van der Waals surface area (Å²) in [6, 6.07) is 7.47. The summed E-state index contributed by atoms with van der Waals surface area (Å²) in [6.45, 7) is 5.26. The minimum atomic E-state index is -0.475. The first-order valence-electron chi connectivity index (χ1n) is 8.73. The molecular formula is C20H22N2O2S. The number of aromatic nitrogens is 1. The highest BCUT2D eigenvalue weighted by Crippen LogP contribution is 2.40. The Morgan fingerprint density at radius 2 is 1.92 bits per heavy atom. The molecule has 1 amide bonds. The third-order valence-electron chi connectivity index (χ3n) is 5.32. The van der Waals surface area contributed by atoms with Crippen molar-refractivity contribution in [2.75, 3.05) is 0 Å². The highest BCUT2D eigenvalue weighted by Gasteiger charge is 2.23. The lowest BCUT2D eigenvalue weighted by atomic mass is 9.98. The number of carbonyl (C=O) groups is 1. The maximum Gasteiger partial charge on any atom is 0.274 e. The lowest BCUT2D eigenvalue weighted by molar-refractivity contribution is 0.0706. The van der Waals surface area contributed by atoms with Crippen molar-refractivity contribution in [1.82, 2.24) is 10.0 Å². The molecule has 4 nitrogen and oxygen atoms in total. The second-order valence-electron chi connectivity index (χ2n) is 6.82. The predicted molar refractivity (Wildman–Crippen MR) is 101 cm³/mol. The van der Waals surface area contributed by atoms with Crippen molar-refractivity contribution >= 4 is 27.5 Å². The number of nitrogens with zero attached hydrogens (tertiary/aromatic N) is 1. The number of hydrogen-bond donors (Lipinski definition) is 2. The lowest BCUT2D eigenvalue weighted by Gasteiger charge is -2.17. The summed E-state index contributed by atoms with van der Waals surface area (Å²) in [6.07, 6.45) is 4.89. The summed E-state index contributed by atoms with van der Waals surface area (Å²) < 4.78 is 3.96. The Bertz CT molecular complexity index is 951. The van der Waals surface area contributed by atoms with Gasteiger partial charge in [-0.15, -0.1) is 11.3 Å². The Labute approximate surface area is 151 Å². The number of nitrogens with one attached hydrogen (secondary N) is 1. The molecule has 0 fully saturated rings. The van der Waals surface area contributed by atoms with Crippen LogP contribution in [0, 0.1) is 13.8 Å². The molecule has 0 atom stereocenters. The Morgan fingerprint density at radius 3 is 2.64 bits per heavy atom. The molecule has 4 rings (SSSR count). The van der Waals surface area contributed by atoms with Crippen LogP contribution in [0.3, 0.4) is 0 Å². The normalized spacial score (nSPS) is 13.9. The molecule has 2 aromatic heterocycles. The van der Waals surface area contributed by atoms with Gasteiger partial charge in [0.1, 0.15) is 0 Å². The van der Waals surface area contributed by atoms with Gasteiger partial charge in [-0.25, -0.2) is 5.48 Å². The fourth-order valence-corrected chi connectivity index (χ4v) is 5.15. The molecule has 1 aliphatic carbocycles. The van der Waals surface area contributed by atoms with E-state index in [4.69, 9.17) is 5.21 Å². The second-order valence-corrected chi connectivity index (χ2v) is 8.04. The van der Waals surface area contributed by atoms with Crippen LogP contribution in [0.25, 0.3) is 10.2 Å².